The first kappa shape index (κ1) is 28.4. The molecule has 5 aromatic carbocycles. The number of aromatic nitrogens is 2. The van der Waals surface area contributed by atoms with Crippen molar-refractivity contribution in [3.05, 3.63) is 167 Å². The van der Waals surface area contributed by atoms with E-state index in [4.69, 9.17) is 23.6 Å². The summed E-state index contributed by atoms with van der Waals surface area (Å²) in [5.74, 6) is -0.941. The molecule has 9 rings (SSSR count). The molecule has 0 unspecified atom stereocenters. The SMILES string of the molecule is [2H]C([2H])([2H])c1c[c-]c(-c2ccc(C([2H])([2H])C(C)(C)C)cn2)cc1-c1ccccc1.[2H]C([2H])([2H])c1cnc(-c2[c-]ccc3c2oc2c(C([2H])([2H])[2H])cccc23)cc1-c1ccc(C2([2H])CCC(C)(C)CC2)cc1C([2H])([2H])[2H].[Ir]. The molecule has 0 N–H and O–H groups in total. The number of nitrogens with zero attached hydrogens (tertiary/aromatic N) is 2. The van der Waals surface area contributed by atoms with Gasteiger partial charge in [-0.05, 0) is 125 Å². The van der Waals surface area contributed by atoms with Gasteiger partial charge in [0.25, 0.3) is 0 Å². The molecule has 4 heteroatoms. The molecule has 1 saturated carbocycles. The molecule has 0 saturated heterocycles. The predicted octanol–water partition coefficient (Wildman–Crippen LogP) is 15.8. The Morgan fingerprint density at radius 2 is 1.48 bits per heavy atom. The summed E-state index contributed by atoms with van der Waals surface area (Å²) in [6, 6.07) is 37.2. The zero-order chi connectivity index (χ0) is 54.9. The Balaban J connectivity index is 0.000000242. The molecule has 3 aromatic heterocycles. The number of furan rings is 1. The summed E-state index contributed by atoms with van der Waals surface area (Å²) in [5, 5.41) is 1.25. The molecule has 1 aliphatic rings. The molecule has 1 radical (unpaired) electrons. The molecule has 0 atom stereocenters. The van der Waals surface area contributed by atoms with Crippen molar-refractivity contribution in [2.24, 2.45) is 10.8 Å². The van der Waals surface area contributed by atoms with Crippen LogP contribution in [0.1, 0.15) is 120 Å². The van der Waals surface area contributed by atoms with Crippen molar-refractivity contribution in [1.82, 2.24) is 9.97 Å². The van der Waals surface area contributed by atoms with E-state index >= 15 is 0 Å². The first-order valence-electron chi connectivity index (χ1n) is 27.8. The fourth-order valence-electron chi connectivity index (χ4n) is 7.84. The molecule has 1 aliphatic carbocycles. The Kier molecular flexibility index (Phi) is 8.42. The van der Waals surface area contributed by atoms with Crippen molar-refractivity contribution in [2.75, 3.05) is 0 Å². The minimum absolute atomic E-state index is 0. The molecule has 3 nitrogen and oxygen atoms in total. The minimum atomic E-state index is -2.61. The second-order valence-electron chi connectivity index (χ2n) is 17.4. The van der Waals surface area contributed by atoms with Crippen molar-refractivity contribution < 1.29 is 45.1 Å². The fourth-order valence-corrected chi connectivity index (χ4v) is 7.84. The molecule has 313 valence electrons. The van der Waals surface area contributed by atoms with Gasteiger partial charge >= 0.3 is 0 Å². The van der Waals surface area contributed by atoms with Gasteiger partial charge in [0, 0.05) is 58.4 Å². The van der Waals surface area contributed by atoms with Gasteiger partial charge in [0.15, 0.2) is 0 Å². The average Bonchev–Trinajstić information content (AvgIpc) is 3.73. The van der Waals surface area contributed by atoms with Crippen LogP contribution in [0.2, 0.25) is 0 Å². The molecular formula is C57H58IrN2O-2. The van der Waals surface area contributed by atoms with Crippen LogP contribution in [-0.4, -0.2) is 9.97 Å². The van der Waals surface area contributed by atoms with E-state index in [1.807, 2.05) is 51.1 Å². The van der Waals surface area contributed by atoms with E-state index in [-0.39, 0.29) is 70.2 Å². The number of benzene rings is 5. The largest absolute Gasteiger partial charge is 0.500 e. The van der Waals surface area contributed by atoms with Crippen molar-refractivity contribution in [3.8, 4) is 44.8 Å². The van der Waals surface area contributed by atoms with Gasteiger partial charge in [0.1, 0.15) is 5.58 Å². The van der Waals surface area contributed by atoms with Crippen LogP contribution in [0.4, 0.5) is 0 Å². The maximum absolute atomic E-state index is 9.25. The van der Waals surface area contributed by atoms with Gasteiger partial charge in [-0.1, -0.05) is 143 Å². The molecule has 0 aliphatic heterocycles. The summed E-state index contributed by atoms with van der Waals surface area (Å²) in [7, 11) is 0. The maximum Gasteiger partial charge on any atom is 0.123 e. The number of pyridine rings is 2. The number of hydrogen-bond acceptors (Lipinski definition) is 3. The third-order valence-corrected chi connectivity index (χ3v) is 11.1. The van der Waals surface area contributed by atoms with Crippen molar-refractivity contribution in [1.29, 1.82) is 0 Å². The summed E-state index contributed by atoms with van der Waals surface area (Å²) < 4.78 is 130. The second-order valence-corrected chi connectivity index (χ2v) is 17.4. The molecule has 0 spiro atoms. The van der Waals surface area contributed by atoms with Gasteiger partial charge in [-0.2, -0.15) is 0 Å². The number of hydrogen-bond donors (Lipinski definition) is 0. The quantitative estimate of drug-likeness (QED) is 0.156. The fraction of sp³-hybridized carbons (Fsp3) is 0.298. The van der Waals surface area contributed by atoms with Crippen LogP contribution in [0.5, 0.6) is 0 Å². The summed E-state index contributed by atoms with van der Waals surface area (Å²) in [5.41, 5.74) is 5.16. The average molecular weight is 994 g/mol. The molecule has 1 fully saturated rings. The molecule has 0 amide bonds. The topological polar surface area (TPSA) is 38.9 Å². The van der Waals surface area contributed by atoms with Crippen LogP contribution in [-0.2, 0) is 26.5 Å². The third-order valence-electron chi connectivity index (χ3n) is 11.1. The zero-order valence-electron chi connectivity index (χ0n) is 50.0. The third kappa shape index (κ3) is 9.83. The minimum Gasteiger partial charge on any atom is -0.500 e. The van der Waals surface area contributed by atoms with Crippen molar-refractivity contribution in [3.63, 3.8) is 0 Å². The van der Waals surface area contributed by atoms with Crippen molar-refractivity contribution in [2.45, 2.75) is 100.0 Å². The van der Waals surface area contributed by atoms with E-state index in [1.165, 1.54) is 24.4 Å². The zero-order valence-corrected chi connectivity index (χ0v) is 37.4. The van der Waals surface area contributed by atoms with Crippen LogP contribution >= 0.6 is 0 Å². The van der Waals surface area contributed by atoms with Gasteiger partial charge in [0.2, 0.25) is 0 Å². The van der Waals surface area contributed by atoms with Crippen LogP contribution in [0.3, 0.4) is 0 Å². The number of rotatable bonds is 6. The van der Waals surface area contributed by atoms with E-state index in [1.54, 1.807) is 66.9 Å². The number of fused-ring (bicyclic) bond motifs is 3. The van der Waals surface area contributed by atoms with Crippen LogP contribution in [0.25, 0.3) is 66.7 Å². The monoisotopic (exact) mass is 995 g/mol. The first-order valence-corrected chi connectivity index (χ1v) is 20.3. The van der Waals surface area contributed by atoms with Crippen LogP contribution < -0.4 is 0 Å². The van der Waals surface area contributed by atoms with Gasteiger partial charge < -0.3 is 14.4 Å². The normalized spacial score (nSPS) is 19.3. The molecule has 0 bridgehead atoms. The summed E-state index contributed by atoms with van der Waals surface area (Å²) in [6.07, 6.45) is 4.14. The predicted molar refractivity (Wildman–Crippen MR) is 252 cm³/mol. The smallest absolute Gasteiger partial charge is 0.123 e. The van der Waals surface area contributed by atoms with E-state index in [9.17, 15) is 1.37 Å². The van der Waals surface area contributed by atoms with Gasteiger partial charge in [-0.25, -0.2) is 0 Å². The summed E-state index contributed by atoms with van der Waals surface area (Å²) in [6.45, 7) is 0.0558. The maximum atomic E-state index is 9.25. The summed E-state index contributed by atoms with van der Waals surface area (Å²) >= 11 is 0. The molecular weight excluding hydrogens is 921 g/mol. The van der Waals surface area contributed by atoms with Gasteiger partial charge in [-0.3, -0.25) is 0 Å². The van der Waals surface area contributed by atoms with Crippen LogP contribution in [0.15, 0.2) is 126 Å². The van der Waals surface area contributed by atoms with Crippen molar-refractivity contribution >= 4 is 21.9 Å². The second kappa shape index (κ2) is 18.1. The Labute approximate surface area is 398 Å². The van der Waals surface area contributed by atoms with Gasteiger partial charge in [0.05, 0.1) is 5.58 Å². The van der Waals surface area contributed by atoms with E-state index < -0.39 is 45.1 Å². The Hall–Kier alpha value is -5.15. The van der Waals surface area contributed by atoms with E-state index in [0.29, 0.717) is 62.7 Å². The van der Waals surface area contributed by atoms with Crippen LogP contribution in [0, 0.1) is 50.4 Å². The standard InChI is InChI=1S/C34H34NO.C23H24N.Ir/c1-21-8-6-9-27-28-10-7-11-29(33(28)36-32(21)27)31-19-30(23(3)20-35-31)26-13-12-25(18-22(26)2)24-14-16-34(4,5)17-15-24;1-17-10-12-20(14-21(17)19-8-6-5-7-9-19)22-13-11-18(16-24-22)15-23(2,3)4;/h6-10,12-13,18-20,24H,14-17H2,1-5H3;5-11,13-14,16H,15H2,1-4H3;/q2*-1;/i1D3,2D3,3D3,24D;1D3,15D2;. The molecule has 61 heavy (non-hydrogen) atoms. The first-order chi connectivity index (χ1) is 34.7. The molecule has 3 heterocycles. The van der Waals surface area contributed by atoms with Gasteiger partial charge in [-0.15, -0.1) is 47.5 Å². The Morgan fingerprint density at radius 1 is 0.721 bits per heavy atom. The Morgan fingerprint density at radius 3 is 2.20 bits per heavy atom. The van der Waals surface area contributed by atoms with E-state index in [2.05, 4.69) is 35.9 Å². The van der Waals surface area contributed by atoms with E-state index in [0.717, 1.165) is 18.4 Å². The number of para-hydroxylation sites is 1. The summed E-state index contributed by atoms with van der Waals surface area (Å²) in [4.78, 5) is 8.91. The Bertz CT molecular complexity index is 3380. The number of aryl methyl sites for hydroxylation is 4. The molecule has 8 aromatic rings.